The Hall–Kier alpha value is -4.44. The molecule has 0 radical (unpaired) electrons. The van der Waals surface area contributed by atoms with Crippen LogP contribution in [-0.2, 0) is 24.9 Å². The zero-order valence-corrected chi connectivity index (χ0v) is 19.8. The Labute approximate surface area is 210 Å². The summed E-state index contributed by atoms with van der Waals surface area (Å²) in [4.78, 5) is 21.2. The predicted octanol–water partition coefficient (Wildman–Crippen LogP) is 5.55. The van der Waals surface area contributed by atoms with Crippen LogP contribution in [0.3, 0.4) is 0 Å². The number of benzene rings is 3. The molecule has 190 valence electrons. The number of aryl methyl sites for hydroxylation is 1. The third-order valence-corrected chi connectivity index (χ3v) is 5.61. The van der Waals surface area contributed by atoms with E-state index in [0.717, 1.165) is 35.5 Å². The second kappa shape index (κ2) is 11.1. The Morgan fingerprint density at radius 1 is 0.973 bits per heavy atom. The Kier molecular flexibility index (Phi) is 7.69. The highest BCUT2D eigenvalue weighted by molar-refractivity contribution is 5.80. The first-order valence-corrected chi connectivity index (χ1v) is 11.3. The van der Waals surface area contributed by atoms with Crippen molar-refractivity contribution in [1.29, 1.82) is 0 Å². The van der Waals surface area contributed by atoms with E-state index in [1.54, 1.807) is 0 Å². The van der Waals surface area contributed by atoms with E-state index in [-0.39, 0.29) is 0 Å². The van der Waals surface area contributed by atoms with Crippen molar-refractivity contribution in [2.75, 3.05) is 0 Å². The van der Waals surface area contributed by atoms with Gasteiger partial charge in [0.1, 0.15) is 5.82 Å². The van der Waals surface area contributed by atoms with Gasteiger partial charge in [-0.3, -0.25) is 0 Å². The average Bonchev–Trinajstić information content (AvgIpc) is 3.50. The molecule has 0 saturated heterocycles. The molecule has 3 aromatic carbocycles. The van der Waals surface area contributed by atoms with Gasteiger partial charge in [-0.15, -0.1) is 0 Å². The molecule has 0 spiro atoms. The van der Waals surface area contributed by atoms with E-state index in [2.05, 4.69) is 69.9 Å². The van der Waals surface area contributed by atoms with Crippen molar-refractivity contribution >= 4 is 17.0 Å². The van der Waals surface area contributed by atoms with Gasteiger partial charge < -0.3 is 20.0 Å². The number of para-hydroxylation sites is 2. The topological polar surface area (TPSA) is 95.8 Å². The Morgan fingerprint density at radius 2 is 1.68 bits per heavy atom. The number of carboxylic acids is 1. The van der Waals surface area contributed by atoms with Crippen molar-refractivity contribution in [3.05, 3.63) is 96.6 Å². The third-order valence-electron chi connectivity index (χ3n) is 5.61. The lowest BCUT2D eigenvalue weighted by Crippen LogP contribution is -2.21. The Bertz CT molecular complexity index is 1460. The summed E-state index contributed by atoms with van der Waals surface area (Å²) in [7, 11) is 2.01. The Morgan fingerprint density at radius 3 is 2.32 bits per heavy atom. The number of fused-ring (bicyclic) bond motifs is 1. The highest BCUT2D eigenvalue weighted by Crippen LogP contribution is 2.26. The molecule has 0 aliphatic heterocycles. The van der Waals surface area contributed by atoms with Gasteiger partial charge in [0.25, 0.3) is 0 Å². The van der Waals surface area contributed by atoms with Crippen LogP contribution < -0.4 is 5.32 Å². The number of H-pyrrole nitrogens is 1. The average molecular weight is 508 g/mol. The van der Waals surface area contributed by atoms with Crippen molar-refractivity contribution in [2.45, 2.75) is 19.3 Å². The first kappa shape index (κ1) is 25.6. The quantitative estimate of drug-likeness (QED) is 0.280. The zero-order chi connectivity index (χ0) is 26.4. The minimum atomic E-state index is -5.08. The number of carboxylic acid groups (broad SMARTS) is 1. The number of aliphatic carboxylic acids is 1. The van der Waals surface area contributed by atoms with E-state index in [9.17, 15) is 13.2 Å². The number of aromatic nitrogens is 4. The van der Waals surface area contributed by atoms with Gasteiger partial charge in [0.05, 0.1) is 23.1 Å². The summed E-state index contributed by atoms with van der Waals surface area (Å²) < 4.78 is 33.8. The molecule has 0 saturated carbocycles. The number of rotatable bonds is 6. The Balaban J connectivity index is 0.000000405. The fourth-order valence-electron chi connectivity index (χ4n) is 3.64. The van der Waals surface area contributed by atoms with Gasteiger partial charge in [-0.2, -0.15) is 13.2 Å². The molecule has 5 aromatic rings. The van der Waals surface area contributed by atoms with E-state index in [1.807, 2.05) is 42.3 Å². The van der Waals surface area contributed by atoms with Gasteiger partial charge in [0.15, 0.2) is 0 Å². The van der Waals surface area contributed by atoms with Crippen LogP contribution in [0.25, 0.3) is 33.5 Å². The molecule has 37 heavy (non-hydrogen) atoms. The largest absolute Gasteiger partial charge is 0.490 e. The van der Waals surface area contributed by atoms with Gasteiger partial charge in [-0.05, 0) is 34.9 Å². The first-order valence-electron chi connectivity index (χ1n) is 11.3. The van der Waals surface area contributed by atoms with Gasteiger partial charge >= 0.3 is 12.1 Å². The number of hydrogen-bond acceptors (Lipinski definition) is 4. The van der Waals surface area contributed by atoms with Crippen LogP contribution in [0.2, 0.25) is 0 Å². The summed E-state index contributed by atoms with van der Waals surface area (Å²) in [5.41, 5.74) is 7.95. The fourth-order valence-corrected chi connectivity index (χ4v) is 3.64. The second-order valence-electron chi connectivity index (χ2n) is 8.28. The molecule has 0 amide bonds. The van der Waals surface area contributed by atoms with Crippen LogP contribution >= 0.6 is 0 Å². The van der Waals surface area contributed by atoms with Crippen molar-refractivity contribution in [2.24, 2.45) is 7.05 Å². The summed E-state index contributed by atoms with van der Waals surface area (Å²) in [5, 5.41) is 10.6. The summed E-state index contributed by atoms with van der Waals surface area (Å²) in [6.07, 6.45) is -1.36. The summed E-state index contributed by atoms with van der Waals surface area (Å²) >= 11 is 0. The number of halogens is 3. The number of nitrogens with zero attached hydrogens (tertiary/aromatic N) is 3. The summed E-state index contributed by atoms with van der Waals surface area (Å²) in [5.74, 6) is -1.86. The molecular formula is C27H24F3N5O2. The molecule has 0 atom stereocenters. The molecule has 5 rings (SSSR count). The summed E-state index contributed by atoms with van der Waals surface area (Å²) in [6, 6.07) is 25.3. The van der Waals surface area contributed by atoms with Crippen molar-refractivity contribution in [3.8, 4) is 22.5 Å². The molecule has 2 aromatic heterocycles. The zero-order valence-electron chi connectivity index (χ0n) is 19.8. The SMILES string of the molecule is Cn1cncc1CNCc1ccc(-c2cccc(-c3nc4ccccc4[nH]3)c2)cc1.O=C(O)C(F)(F)F. The fraction of sp³-hybridized carbons (Fsp3) is 0.148. The van der Waals surface area contributed by atoms with Crippen LogP contribution in [0.1, 0.15) is 11.3 Å². The van der Waals surface area contributed by atoms with Gasteiger partial charge in [-0.25, -0.2) is 14.8 Å². The number of hydrogen-bond donors (Lipinski definition) is 3. The predicted molar refractivity (Wildman–Crippen MR) is 134 cm³/mol. The minimum absolute atomic E-state index is 0.803. The van der Waals surface area contributed by atoms with Crippen LogP contribution in [0.5, 0.6) is 0 Å². The molecule has 10 heteroatoms. The van der Waals surface area contributed by atoms with Crippen molar-refractivity contribution in [1.82, 2.24) is 24.8 Å². The summed E-state index contributed by atoms with van der Waals surface area (Å²) in [6.45, 7) is 1.63. The van der Waals surface area contributed by atoms with Gasteiger partial charge in [0, 0.05) is 31.9 Å². The van der Waals surface area contributed by atoms with E-state index in [0.29, 0.717) is 0 Å². The molecule has 7 nitrogen and oxygen atoms in total. The van der Waals surface area contributed by atoms with E-state index < -0.39 is 12.1 Å². The minimum Gasteiger partial charge on any atom is -0.475 e. The standard InChI is InChI=1S/C25H23N5.C2HF3O2/c1-30-17-27-16-22(30)15-26-14-18-9-11-19(12-10-18)20-5-4-6-21(13-20)25-28-23-7-2-3-8-24(23)29-25;3-2(4,5)1(6)7/h2-13,16-17,26H,14-15H2,1H3,(H,28,29);(H,6,7). The van der Waals surface area contributed by atoms with Crippen molar-refractivity contribution in [3.63, 3.8) is 0 Å². The molecule has 2 heterocycles. The normalized spacial score (nSPS) is 11.2. The van der Waals surface area contributed by atoms with E-state index >= 15 is 0 Å². The molecule has 0 fully saturated rings. The smallest absolute Gasteiger partial charge is 0.475 e. The first-order chi connectivity index (χ1) is 17.7. The third kappa shape index (κ3) is 6.62. The molecular weight excluding hydrogens is 483 g/mol. The lowest BCUT2D eigenvalue weighted by molar-refractivity contribution is -0.192. The molecule has 0 unspecified atom stereocenters. The number of nitrogens with one attached hydrogen (secondary N) is 2. The second-order valence-corrected chi connectivity index (χ2v) is 8.28. The van der Waals surface area contributed by atoms with Gasteiger partial charge in [-0.1, -0.05) is 54.6 Å². The lowest BCUT2D eigenvalue weighted by Gasteiger charge is -2.08. The number of alkyl halides is 3. The number of aromatic amines is 1. The highest BCUT2D eigenvalue weighted by atomic mass is 19.4. The van der Waals surface area contributed by atoms with Gasteiger partial charge in [0.2, 0.25) is 0 Å². The van der Waals surface area contributed by atoms with Crippen LogP contribution in [0, 0.1) is 0 Å². The van der Waals surface area contributed by atoms with E-state index in [4.69, 9.17) is 14.9 Å². The maximum Gasteiger partial charge on any atom is 0.490 e. The monoisotopic (exact) mass is 507 g/mol. The number of imidazole rings is 2. The molecule has 0 aliphatic rings. The molecule has 3 N–H and O–H groups in total. The molecule has 0 bridgehead atoms. The van der Waals surface area contributed by atoms with Crippen molar-refractivity contribution < 1.29 is 23.1 Å². The maximum absolute atomic E-state index is 10.6. The maximum atomic E-state index is 10.6. The molecule has 0 aliphatic carbocycles. The van der Waals surface area contributed by atoms with Crippen LogP contribution in [0.4, 0.5) is 13.2 Å². The van der Waals surface area contributed by atoms with Crippen LogP contribution in [0.15, 0.2) is 85.3 Å². The highest BCUT2D eigenvalue weighted by Gasteiger charge is 2.38. The van der Waals surface area contributed by atoms with Crippen LogP contribution in [-0.4, -0.2) is 36.8 Å². The number of carbonyl (C=O) groups is 1. The van der Waals surface area contributed by atoms with E-state index in [1.165, 1.54) is 22.4 Å². The lowest BCUT2D eigenvalue weighted by atomic mass is 10.0.